The minimum atomic E-state index is -0.703. The molecule has 2 heterocycles. The summed E-state index contributed by atoms with van der Waals surface area (Å²) in [5.41, 5.74) is 18.7. The molecular formula is C20H26Cl2N6O. The molecule has 0 spiro atoms. The van der Waals surface area contributed by atoms with Crippen molar-refractivity contribution in [3.05, 3.63) is 33.9 Å². The fourth-order valence-corrected chi connectivity index (χ4v) is 4.10. The van der Waals surface area contributed by atoms with Crippen molar-refractivity contribution in [2.24, 2.45) is 17.4 Å². The second kappa shape index (κ2) is 9.61. The Bertz CT molecular complexity index is 892. The van der Waals surface area contributed by atoms with E-state index in [9.17, 15) is 4.79 Å². The average Bonchev–Trinajstić information content (AvgIpc) is 2.81. The van der Waals surface area contributed by atoms with Gasteiger partial charge in [0.1, 0.15) is 11.5 Å². The molecule has 0 bridgehead atoms. The Morgan fingerprint density at radius 1 is 1.17 bits per heavy atom. The van der Waals surface area contributed by atoms with Crippen molar-refractivity contribution in [1.82, 2.24) is 9.97 Å². The van der Waals surface area contributed by atoms with Gasteiger partial charge in [-0.15, -0.1) is 0 Å². The first-order valence-corrected chi connectivity index (χ1v) is 10.5. The molecule has 1 aliphatic rings. The lowest BCUT2D eigenvalue weighted by molar-refractivity contribution is 0.0996. The summed E-state index contributed by atoms with van der Waals surface area (Å²) in [6.45, 7) is 2.07. The number of carbonyl (C=O) groups excluding carboxylic acids is 1. The molecule has 6 N–H and O–H groups in total. The molecule has 9 heteroatoms. The van der Waals surface area contributed by atoms with Gasteiger partial charge in [-0.25, -0.2) is 4.98 Å². The van der Waals surface area contributed by atoms with Crippen molar-refractivity contribution in [2.45, 2.75) is 32.1 Å². The molecule has 29 heavy (non-hydrogen) atoms. The van der Waals surface area contributed by atoms with E-state index in [0.717, 1.165) is 32.2 Å². The second-order valence-electron chi connectivity index (χ2n) is 7.35. The number of nitrogens with zero attached hydrogens (tertiary/aromatic N) is 3. The van der Waals surface area contributed by atoms with E-state index in [-0.39, 0.29) is 16.5 Å². The number of primary amides is 1. The quantitative estimate of drug-likeness (QED) is 0.673. The SMILES string of the molecule is NC[C@@H]1CCCCCCN(c2nc(N)c(-c3cccc(Cl)c3Cl)c(C(N)=O)n2)C1. The molecule has 0 aliphatic carbocycles. The Morgan fingerprint density at radius 2 is 1.93 bits per heavy atom. The third-order valence-electron chi connectivity index (χ3n) is 5.26. The van der Waals surface area contributed by atoms with Crippen LogP contribution in [0.2, 0.25) is 10.0 Å². The summed E-state index contributed by atoms with van der Waals surface area (Å²) in [5.74, 6) is 0.152. The minimum absolute atomic E-state index is 0.0286. The van der Waals surface area contributed by atoms with Gasteiger partial charge in [-0.3, -0.25) is 4.79 Å². The van der Waals surface area contributed by atoms with Crippen LogP contribution in [0.5, 0.6) is 0 Å². The number of halogens is 2. The summed E-state index contributed by atoms with van der Waals surface area (Å²) in [6.07, 6.45) is 5.54. The number of hydrogen-bond acceptors (Lipinski definition) is 6. The number of rotatable bonds is 4. The van der Waals surface area contributed by atoms with E-state index in [2.05, 4.69) is 14.9 Å². The monoisotopic (exact) mass is 436 g/mol. The maximum Gasteiger partial charge on any atom is 0.268 e. The van der Waals surface area contributed by atoms with E-state index in [1.165, 1.54) is 6.42 Å². The van der Waals surface area contributed by atoms with E-state index < -0.39 is 5.91 Å². The number of anilines is 2. The molecule has 2 aromatic rings. The van der Waals surface area contributed by atoms with Crippen molar-refractivity contribution < 1.29 is 4.79 Å². The molecule has 3 rings (SSSR count). The van der Waals surface area contributed by atoms with Gasteiger partial charge < -0.3 is 22.1 Å². The van der Waals surface area contributed by atoms with Crippen molar-refractivity contribution in [1.29, 1.82) is 0 Å². The molecule has 1 fully saturated rings. The molecule has 1 aromatic carbocycles. The number of hydrogen-bond donors (Lipinski definition) is 3. The molecular weight excluding hydrogens is 411 g/mol. The topological polar surface area (TPSA) is 124 Å². The zero-order valence-corrected chi connectivity index (χ0v) is 17.7. The zero-order chi connectivity index (χ0) is 21.0. The van der Waals surface area contributed by atoms with E-state index in [4.69, 9.17) is 40.4 Å². The van der Waals surface area contributed by atoms with Gasteiger partial charge in [0, 0.05) is 18.7 Å². The fraction of sp³-hybridized carbons (Fsp3) is 0.450. The summed E-state index contributed by atoms with van der Waals surface area (Å²) < 4.78 is 0. The lowest BCUT2D eigenvalue weighted by Crippen LogP contribution is -2.35. The lowest BCUT2D eigenvalue weighted by atomic mass is 10.0. The Kier molecular flexibility index (Phi) is 7.16. The van der Waals surface area contributed by atoms with Crippen molar-refractivity contribution in [2.75, 3.05) is 30.3 Å². The van der Waals surface area contributed by atoms with Crippen LogP contribution in [0.1, 0.15) is 42.6 Å². The molecule has 156 valence electrons. The van der Waals surface area contributed by atoms with Gasteiger partial charge >= 0.3 is 0 Å². The summed E-state index contributed by atoms with van der Waals surface area (Å²) in [4.78, 5) is 23.3. The summed E-state index contributed by atoms with van der Waals surface area (Å²) in [6, 6.07) is 5.08. The van der Waals surface area contributed by atoms with E-state index in [0.29, 0.717) is 41.1 Å². The van der Waals surface area contributed by atoms with Gasteiger partial charge in [-0.05, 0) is 31.4 Å². The van der Waals surface area contributed by atoms with Crippen LogP contribution in [0.4, 0.5) is 11.8 Å². The molecule has 1 aromatic heterocycles. The number of benzene rings is 1. The molecule has 1 saturated heterocycles. The average molecular weight is 437 g/mol. The van der Waals surface area contributed by atoms with Crippen molar-refractivity contribution in [3.63, 3.8) is 0 Å². The van der Waals surface area contributed by atoms with Crippen LogP contribution >= 0.6 is 23.2 Å². The Hall–Kier alpha value is -2.09. The number of carbonyl (C=O) groups is 1. The normalized spacial score (nSPS) is 18.0. The Balaban J connectivity index is 2.07. The summed E-state index contributed by atoms with van der Waals surface area (Å²) in [5, 5.41) is 0.611. The minimum Gasteiger partial charge on any atom is -0.383 e. The van der Waals surface area contributed by atoms with Gasteiger partial charge in [-0.2, -0.15) is 4.98 Å². The highest BCUT2D eigenvalue weighted by molar-refractivity contribution is 6.44. The first kappa shape index (κ1) is 21.6. The van der Waals surface area contributed by atoms with Crippen molar-refractivity contribution >= 4 is 40.9 Å². The Labute approximate surface area is 180 Å². The predicted molar refractivity (Wildman–Crippen MR) is 118 cm³/mol. The second-order valence-corrected chi connectivity index (χ2v) is 8.13. The molecule has 0 saturated carbocycles. The number of aromatic nitrogens is 2. The third-order valence-corrected chi connectivity index (χ3v) is 6.08. The van der Waals surface area contributed by atoms with Gasteiger partial charge in [0.25, 0.3) is 5.91 Å². The smallest absolute Gasteiger partial charge is 0.268 e. The summed E-state index contributed by atoms with van der Waals surface area (Å²) in [7, 11) is 0. The highest BCUT2D eigenvalue weighted by Gasteiger charge is 2.24. The number of nitrogen functional groups attached to an aromatic ring is 1. The van der Waals surface area contributed by atoms with E-state index >= 15 is 0 Å². The molecule has 1 atom stereocenters. The largest absolute Gasteiger partial charge is 0.383 e. The third kappa shape index (κ3) is 4.91. The fourth-order valence-electron chi connectivity index (χ4n) is 3.71. The molecule has 0 unspecified atom stereocenters. The molecule has 7 nitrogen and oxygen atoms in total. The van der Waals surface area contributed by atoms with Crippen LogP contribution in [0.15, 0.2) is 18.2 Å². The van der Waals surface area contributed by atoms with Crippen LogP contribution in [-0.2, 0) is 0 Å². The highest BCUT2D eigenvalue weighted by Crippen LogP contribution is 2.38. The van der Waals surface area contributed by atoms with Crippen LogP contribution in [0, 0.1) is 5.92 Å². The van der Waals surface area contributed by atoms with Crippen LogP contribution < -0.4 is 22.1 Å². The maximum absolute atomic E-state index is 12.2. The predicted octanol–water partition coefficient (Wildman–Crippen LogP) is 3.48. The van der Waals surface area contributed by atoms with Crippen LogP contribution in [0.25, 0.3) is 11.1 Å². The van der Waals surface area contributed by atoms with E-state index in [1.807, 2.05) is 0 Å². The summed E-state index contributed by atoms with van der Waals surface area (Å²) >= 11 is 12.5. The highest BCUT2D eigenvalue weighted by atomic mass is 35.5. The van der Waals surface area contributed by atoms with Crippen LogP contribution in [0.3, 0.4) is 0 Å². The Morgan fingerprint density at radius 3 is 2.66 bits per heavy atom. The van der Waals surface area contributed by atoms with E-state index in [1.54, 1.807) is 18.2 Å². The number of amides is 1. The molecule has 1 amide bonds. The zero-order valence-electron chi connectivity index (χ0n) is 16.2. The van der Waals surface area contributed by atoms with Gasteiger partial charge in [0.05, 0.1) is 15.6 Å². The van der Waals surface area contributed by atoms with Gasteiger partial charge in [-0.1, -0.05) is 54.6 Å². The molecule has 0 radical (unpaired) electrons. The maximum atomic E-state index is 12.2. The van der Waals surface area contributed by atoms with Gasteiger partial charge in [0.15, 0.2) is 0 Å². The van der Waals surface area contributed by atoms with Gasteiger partial charge in [0.2, 0.25) is 5.95 Å². The molecule has 1 aliphatic heterocycles. The van der Waals surface area contributed by atoms with Crippen LogP contribution in [-0.4, -0.2) is 35.5 Å². The van der Waals surface area contributed by atoms with Crippen molar-refractivity contribution in [3.8, 4) is 11.1 Å². The lowest BCUT2D eigenvalue weighted by Gasteiger charge is -2.27. The number of nitrogens with two attached hydrogens (primary N) is 3. The first-order chi connectivity index (χ1) is 13.9. The standard InChI is InChI=1S/C20H26Cl2N6O/c21-14-8-5-7-13(16(14)22)15-17(19(25)29)26-20(27-18(15)24)28-9-4-2-1-3-6-12(10-23)11-28/h5,7-8,12H,1-4,6,9-11,23H2,(H2,25,29)(H2,24,26,27)/t12-/m0/s1. The first-order valence-electron chi connectivity index (χ1n) is 9.79.